The molecule has 1 fully saturated rings. The van der Waals surface area contributed by atoms with Gasteiger partial charge in [-0.15, -0.1) is 0 Å². The zero-order valence-electron chi connectivity index (χ0n) is 11.4. The first-order valence-electron chi connectivity index (χ1n) is 7.19. The van der Waals surface area contributed by atoms with Crippen LogP contribution in [0.5, 0.6) is 0 Å². The number of anilines is 1. The van der Waals surface area contributed by atoms with E-state index >= 15 is 0 Å². The monoisotopic (exact) mass is 273 g/mol. The van der Waals surface area contributed by atoms with Crippen LogP contribution in [-0.2, 0) is 11.2 Å². The molecule has 106 valence electrons. The van der Waals surface area contributed by atoms with Crippen LogP contribution >= 0.6 is 0 Å². The first kappa shape index (κ1) is 13.0. The number of fused-ring (bicyclic) bond motifs is 1. The molecule has 0 spiro atoms. The second-order valence-electron chi connectivity index (χ2n) is 5.32. The molecule has 0 radical (unpaired) electrons. The van der Waals surface area contributed by atoms with E-state index in [2.05, 4.69) is 10.6 Å². The molecule has 0 aliphatic carbocycles. The van der Waals surface area contributed by atoms with Gasteiger partial charge in [0.25, 0.3) is 0 Å². The summed E-state index contributed by atoms with van der Waals surface area (Å²) in [4.78, 5) is 26.0. The number of hydrogen-bond acceptors (Lipinski definition) is 2. The quantitative estimate of drug-likeness (QED) is 0.813. The molecule has 3 amide bonds. The third-order valence-corrected chi connectivity index (χ3v) is 3.97. The van der Waals surface area contributed by atoms with Gasteiger partial charge in [0.2, 0.25) is 5.91 Å². The van der Waals surface area contributed by atoms with Crippen LogP contribution in [0.1, 0.15) is 24.8 Å². The van der Waals surface area contributed by atoms with E-state index in [0.717, 1.165) is 24.9 Å². The molecular weight excluding hydrogens is 254 g/mol. The molecule has 5 nitrogen and oxygen atoms in total. The van der Waals surface area contributed by atoms with E-state index in [-0.39, 0.29) is 11.9 Å². The molecular formula is C15H19N3O2. The van der Waals surface area contributed by atoms with Gasteiger partial charge in [-0.3, -0.25) is 9.69 Å². The third-order valence-electron chi connectivity index (χ3n) is 3.97. The molecule has 1 aromatic carbocycles. The summed E-state index contributed by atoms with van der Waals surface area (Å²) in [7, 11) is 0. The molecule has 20 heavy (non-hydrogen) atoms. The van der Waals surface area contributed by atoms with Crippen molar-refractivity contribution in [3.63, 3.8) is 0 Å². The van der Waals surface area contributed by atoms with E-state index < -0.39 is 6.04 Å². The smallest absolute Gasteiger partial charge is 0.322 e. The summed E-state index contributed by atoms with van der Waals surface area (Å²) in [6.45, 7) is 1.39. The molecule has 3 rings (SSSR count). The van der Waals surface area contributed by atoms with Crippen LogP contribution < -0.4 is 15.5 Å². The highest BCUT2D eigenvalue weighted by Gasteiger charge is 2.28. The summed E-state index contributed by atoms with van der Waals surface area (Å²) in [5, 5.41) is 5.70. The summed E-state index contributed by atoms with van der Waals surface area (Å²) >= 11 is 0. The molecule has 1 atom stereocenters. The van der Waals surface area contributed by atoms with Gasteiger partial charge in [-0.2, -0.15) is 0 Å². The fourth-order valence-corrected chi connectivity index (χ4v) is 2.85. The second-order valence-corrected chi connectivity index (χ2v) is 5.32. The number of carbonyl (C=O) groups is 2. The van der Waals surface area contributed by atoms with Crippen molar-refractivity contribution in [2.75, 3.05) is 18.0 Å². The zero-order chi connectivity index (χ0) is 13.9. The van der Waals surface area contributed by atoms with Crippen LogP contribution in [0.4, 0.5) is 10.5 Å². The molecule has 2 N–H and O–H groups in total. The molecule has 0 saturated carbocycles. The average molecular weight is 273 g/mol. The Morgan fingerprint density at radius 2 is 2.15 bits per heavy atom. The number of rotatable bonds is 1. The molecule has 0 bridgehead atoms. The summed E-state index contributed by atoms with van der Waals surface area (Å²) < 4.78 is 0. The van der Waals surface area contributed by atoms with Crippen molar-refractivity contribution in [3.8, 4) is 0 Å². The van der Waals surface area contributed by atoms with Gasteiger partial charge >= 0.3 is 6.03 Å². The number of para-hydroxylation sites is 1. The van der Waals surface area contributed by atoms with Crippen molar-refractivity contribution in [1.82, 2.24) is 10.6 Å². The first-order chi connectivity index (χ1) is 9.75. The topological polar surface area (TPSA) is 61.4 Å². The normalized spacial score (nSPS) is 21.9. The summed E-state index contributed by atoms with van der Waals surface area (Å²) in [5.74, 6) is -0.0664. The van der Waals surface area contributed by atoms with Crippen molar-refractivity contribution in [2.45, 2.75) is 31.7 Å². The van der Waals surface area contributed by atoms with Crippen LogP contribution in [0, 0.1) is 0 Å². The second kappa shape index (κ2) is 5.53. The third kappa shape index (κ3) is 2.48. The van der Waals surface area contributed by atoms with E-state index in [1.54, 1.807) is 4.90 Å². The fourth-order valence-electron chi connectivity index (χ4n) is 2.85. The van der Waals surface area contributed by atoms with Gasteiger partial charge in [0.15, 0.2) is 0 Å². The zero-order valence-corrected chi connectivity index (χ0v) is 11.4. The lowest BCUT2D eigenvalue weighted by Crippen LogP contribution is -2.50. The number of hydrogen-bond donors (Lipinski definition) is 2. The van der Waals surface area contributed by atoms with Crippen LogP contribution in [0.25, 0.3) is 0 Å². The molecule has 2 aliphatic heterocycles. The SMILES string of the molecule is O=C1NCCCC[C@H]1NC(=O)N1CCc2ccccc21. The Hall–Kier alpha value is -2.04. The number of urea groups is 1. The van der Waals surface area contributed by atoms with Crippen LogP contribution in [0.2, 0.25) is 0 Å². The van der Waals surface area contributed by atoms with Crippen molar-refractivity contribution >= 4 is 17.6 Å². The van der Waals surface area contributed by atoms with Crippen LogP contribution in [-0.4, -0.2) is 31.1 Å². The van der Waals surface area contributed by atoms with Crippen molar-refractivity contribution in [1.29, 1.82) is 0 Å². The summed E-state index contributed by atoms with van der Waals surface area (Å²) in [6.07, 6.45) is 3.53. The number of amides is 3. The Morgan fingerprint density at radius 3 is 3.05 bits per heavy atom. The van der Waals surface area contributed by atoms with E-state index in [9.17, 15) is 9.59 Å². The fraction of sp³-hybridized carbons (Fsp3) is 0.467. The number of benzene rings is 1. The highest BCUT2D eigenvalue weighted by atomic mass is 16.2. The molecule has 0 unspecified atom stereocenters. The Kier molecular flexibility index (Phi) is 3.58. The van der Waals surface area contributed by atoms with E-state index in [1.807, 2.05) is 24.3 Å². The molecule has 2 heterocycles. The molecule has 2 aliphatic rings. The van der Waals surface area contributed by atoms with Gasteiger partial charge in [-0.05, 0) is 37.3 Å². The van der Waals surface area contributed by atoms with Gasteiger partial charge in [-0.1, -0.05) is 18.2 Å². The Labute approximate surface area is 118 Å². The largest absolute Gasteiger partial charge is 0.354 e. The number of nitrogens with one attached hydrogen (secondary N) is 2. The van der Waals surface area contributed by atoms with E-state index in [4.69, 9.17) is 0 Å². The minimum atomic E-state index is -0.405. The molecule has 5 heteroatoms. The standard InChI is InChI=1S/C15H19N3O2/c19-14-12(6-3-4-9-16-14)17-15(20)18-10-8-11-5-1-2-7-13(11)18/h1-2,5,7,12H,3-4,6,8-10H2,(H,16,19)(H,17,20)/t12-/m1/s1. The summed E-state index contributed by atoms with van der Waals surface area (Å²) in [6, 6.07) is 7.34. The lowest BCUT2D eigenvalue weighted by atomic mass is 10.1. The van der Waals surface area contributed by atoms with E-state index in [1.165, 1.54) is 5.56 Å². The Morgan fingerprint density at radius 1 is 1.30 bits per heavy atom. The lowest BCUT2D eigenvalue weighted by Gasteiger charge is -2.22. The average Bonchev–Trinajstić information content (AvgIpc) is 2.79. The maximum Gasteiger partial charge on any atom is 0.322 e. The predicted octanol–water partition coefficient (Wildman–Crippen LogP) is 1.43. The van der Waals surface area contributed by atoms with Gasteiger partial charge in [0.1, 0.15) is 6.04 Å². The number of nitrogens with zero attached hydrogens (tertiary/aromatic N) is 1. The van der Waals surface area contributed by atoms with Gasteiger partial charge in [0, 0.05) is 18.8 Å². The molecule has 1 aromatic rings. The molecule has 1 saturated heterocycles. The number of carbonyl (C=O) groups excluding carboxylic acids is 2. The minimum Gasteiger partial charge on any atom is -0.354 e. The van der Waals surface area contributed by atoms with Gasteiger partial charge in [-0.25, -0.2) is 4.79 Å². The van der Waals surface area contributed by atoms with Gasteiger partial charge < -0.3 is 10.6 Å². The maximum absolute atomic E-state index is 12.4. The minimum absolute atomic E-state index is 0.0664. The highest BCUT2D eigenvalue weighted by molar-refractivity contribution is 5.97. The highest BCUT2D eigenvalue weighted by Crippen LogP contribution is 2.27. The molecule has 0 aromatic heterocycles. The van der Waals surface area contributed by atoms with Crippen LogP contribution in [0.3, 0.4) is 0 Å². The Balaban J connectivity index is 1.69. The maximum atomic E-state index is 12.4. The van der Waals surface area contributed by atoms with Crippen molar-refractivity contribution < 1.29 is 9.59 Å². The summed E-state index contributed by atoms with van der Waals surface area (Å²) in [5.41, 5.74) is 2.15. The first-order valence-corrected chi connectivity index (χ1v) is 7.19. The van der Waals surface area contributed by atoms with E-state index in [0.29, 0.717) is 19.5 Å². The van der Waals surface area contributed by atoms with Crippen molar-refractivity contribution in [2.24, 2.45) is 0 Å². The predicted molar refractivity (Wildman–Crippen MR) is 76.7 cm³/mol. The lowest BCUT2D eigenvalue weighted by molar-refractivity contribution is -0.122. The Bertz CT molecular complexity index is 530. The van der Waals surface area contributed by atoms with Crippen molar-refractivity contribution in [3.05, 3.63) is 29.8 Å². The van der Waals surface area contributed by atoms with Gasteiger partial charge in [0.05, 0.1) is 0 Å². The van der Waals surface area contributed by atoms with Crippen LogP contribution in [0.15, 0.2) is 24.3 Å².